The van der Waals surface area contributed by atoms with Crippen molar-refractivity contribution in [3.8, 4) is 11.1 Å². The molecule has 0 saturated carbocycles. The van der Waals surface area contributed by atoms with E-state index in [-0.39, 0.29) is 4.21 Å². The van der Waals surface area contributed by atoms with Crippen LogP contribution in [-0.2, 0) is 23.0 Å². The van der Waals surface area contributed by atoms with Crippen molar-refractivity contribution < 1.29 is 8.42 Å². The van der Waals surface area contributed by atoms with Crippen LogP contribution in [0.15, 0.2) is 34.8 Å². The van der Waals surface area contributed by atoms with Crippen LogP contribution in [0.5, 0.6) is 0 Å². The SMILES string of the molecule is Cc1cc(Cn2ccnc2C)ccc1-c1c(S(N)(=O)=O)sc(CC(C)C)c1C. The van der Waals surface area contributed by atoms with Gasteiger partial charge in [-0.15, -0.1) is 11.3 Å². The maximum absolute atomic E-state index is 12.3. The lowest BCUT2D eigenvalue weighted by Gasteiger charge is -2.12. The highest BCUT2D eigenvalue weighted by Crippen LogP contribution is 2.41. The molecule has 7 heteroatoms. The average Bonchev–Trinajstić information content (AvgIpc) is 3.12. The van der Waals surface area contributed by atoms with Gasteiger partial charge in [-0.2, -0.15) is 0 Å². The van der Waals surface area contributed by atoms with E-state index in [9.17, 15) is 8.42 Å². The first kappa shape index (κ1) is 20.8. The summed E-state index contributed by atoms with van der Waals surface area (Å²) in [7, 11) is -3.79. The average molecular weight is 418 g/mol. The molecule has 0 atom stereocenters. The molecule has 1 aromatic carbocycles. The number of nitrogens with zero attached hydrogens (tertiary/aromatic N) is 2. The van der Waals surface area contributed by atoms with Gasteiger partial charge in [0.1, 0.15) is 10.0 Å². The summed E-state index contributed by atoms with van der Waals surface area (Å²) in [5.74, 6) is 1.41. The van der Waals surface area contributed by atoms with Gasteiger partial charge in [0.05, 0.1) is 0 Å². The van der Waals surface area contributed by atoms with Crippen LogP contribution < -0.4 is 5.14 Å². The Bertz CT molecular complexity index is 1110. The van der Waals surface area contributed by atoms with Crippen LogP contribution in [0, 0.1) is 26.7 Å². The Labute approximate surface area is 171 Å². The Morgan fingerprint density at radius 2 is 1.93 bits per heavy atom. The van der Waals surface area contributed by atoms with Gasteiger partial charge in [0.15, 0.2) is 0 Å². The van der Waals surface area contributed by atoms with Crippen molar-refractivity contribution in [2.45, 2.75) is 51.8 Å². The number of hydrogen-bond acceptors (Lipinski definition) is 4. The lowest BCUT2D eigenvalue weighted by atomic mass is 9.96. The van der Waals surface area contributed by atoms with E-state index in [1.54, 1.807) is 6.20 Å². The van der Waals surface area contributed by atoms with E-state index < -0.39 is 10.0 Å². The van der Waals surface area contributed by atoms with Crippen molar-refractivity contribution in [2.24, 2.45) is 11.1 Å². The van der Waals surface area contributed by atoms with E-state index in [1.807, 2.05) is 39.1 Å². The molecule has 2 heterocycles. The largest absolute Gasteiger partial charge is 0.331 e. The smallest absolute Gasteiger partial charge is 0.248 e. The standard InChI is InChI=1S/C21H27N3O2S2/c1-13(2)10-19-15(4)20(21(27-19)28(22,25)26)18-7-6-17(11-14(18)3)12-24-9-8-23-16(24)5/h6-9,11,13H,10,12H2,1-5H3,(H2,22,25,26). The number of hydrogen-bond donors (Lipinski definition) is 1. The van der Waals surface area contributed by atoms with Gasteiger partial charge in [-0.25, -0.2) is 18.5 Å². The minimum Gasteiger partial charge on any atom is -0.331 e. The minimum atomic E-state index is -3.79. The summed E-state index contributed by atoms with van der Waals surface area (Å²) < 4.78 is 26.9. The van der Waals surface area contributed by atoms with Crippen molar-refractivity contribution >= 4 is 21.4 Å². The van der Waals surface area contributed by atoms with E-state index in [0.29, 0.717) is 5.92 Å². The Morgan fingerprint density at radius 1 is 1.21 bits per heavy atom. The fourth-order valence-electron chi connectivity index (χ4n) is 3.48. The van der Waals surface area contributed by atoms with E-state index >= 15 is 0 Å². The fourth-order valence-corrected chi connectivity index (χ4v) is 6.06. The van der Waals surface area contributed by atoms with E-state index in [1.165, 1.54) is 11.3 Å². The summed E-state index contributed by atoms with van der Waals surface area (Å²) in [4.78, 5) is 5.35. The Kier molecular flexibility index (Phi) is 5.79. The number of aryl methyl sites for hydroxylation is 2. The minimum absolute atomic E-state index is 0.266. The number of rotatable bonds is 6. The van der Waals surface area contributed by atoms with Gasteiger partial charge in [0, 0.05) is 29.4 Å². The normalized spacial score (nSPS) is 12.1. The Hall–Kier alpha value is -1.96. The molecular formula is C21H27N3O2S2. The third kappa shape index (κ3) is 4.21. The van der Waals surface area contributed by atoms with Gasteiger partial charge in [0.2, 0.25) is 10.0 Å². The van der Waals surface area contributed by atoms with Crippen molar-refractivity contribution in [3.05, 3.63) is 58.0 Å². The molecular weight excluding hydrogens is 390 g/mol. The second-order valence-corrected chi connectivity index (χ2v) is 10.6. The number of primary sulfonamides is 1. The summed E-state index contributed by atoms with van der Waals surface area (Å²) in [6, 6.07) is 6.18. The summed E-state index contributed by atoms with van der Waals surface area (Å²) in [5.41, 5.74) is 4.89. The topological polar surface area (TPSA) is 78.0 Å². The molecule has 0 aliphatic rings. The lowest BCUT2D eigenvalue weighted by molar-refractivity contribution is 0.600. The monoisotopic (exact) mass is 417 g/mol. The molecule has 0 fully saturated rings. The molecule has 3 aromatic rings. The van der Waals surface area contributed by atoms with Gasteiger partial charge in [-0.1, -0.05) is 32.0 Å². The van der Waals surface area contributed by atoms with Crippen molar-refractivity contribution in [2.75, 3.05) is 0 Å². The Morgan fingerprint density at radius 3 is 2.46 bits per heavy atom. The second-order valence-electron chi connectivity index (χ2n) is 7.71. The van der Waals surface area contributed by atoms with Crippen LogP contribution in [0.3, 0.4) is 0 Å². The molecule has 150 valence electrons. The zero-order valence-electron chi connectivity index (χ0n) is 17.0. The number of thiophene rings is 1. The molecule has 0 amide bonds. The Balaban J connectivity index is 2.08. The molecule has 2 N–H and O–H groups in total. The van der Waals surface area contributed by atoms with Crippen LogP contribution >= 0.6 is 11.3 Å². The van der Waals surface area contributed by atoms with Crippen molar-refractivity contribution in [1.29, 1.82) is 0 Å². The highest BCUT2D eigenvalue weighted by molar-refractivity contribution is 7.91. The van der Waals surface area contributed by atoms with Crippen LogP contribution in [-0.4, -0.2) is 18.0 Å². The van der Waals surface area contributed by atoms with Crippen LogP contribution in [0.4, 0.5) is 0 Å². The first-order chi connectivity index (χ1) is 13.1. The van der Waals surface area contributed by atoms with Crippen LogP contribution in [0.2, 0.25) is 0 Å². The van der Waals surface area contributed by atoms with Gasteiger partial charge in [0.25, 0.3) is 0 Å². The molecule has 0 aliphatic carbocycles. The van der Waals surface area contributed by atoms with E-state index in [2.05, 4.69) is 29.5 Å². The number of sulfonamides is 1. The summed E-state index contributed by atoms with van der Waals surface area (Å²) in [5, 5.41) is 5.57. The molecule has 0 aliphatic heterocycles. The third-order valence-electron chi connectivity index (χ3n) is 4.90. The highest BCUT2D eigenvalue weighted by atomic mass is 32.2. The molecule has 0 radical (unpaired) electrons. The molecule has 0 bridgehead atoms. The fraction of sp³-hybridized carbons (Fsp3) is 0.381. The second kappa shape index (κ2) is 7.81. The van der Waals surface area contributed by atoms with Crippen molar-refractivity contribution in [1.82, 2.24) is 9.55 Å². The number of aromatic nitrogens is 2. The molecule has 3 rings (SSSR count). The molecule has 2 aromatic heterocycles. The zero-order valence-corrected chi connectivity index (χ0v) is 18.6. The van der Waals surface area contributed by atoms with Gasteiger partial charge in [-0.3, -0.25) is 0 Å². The maximum atomic E-state index is 12.3. The quantitative estimate of drug-likeness (QED) is 0.644. The van der Waals surface area contributed by atoms with Crippen molar-refractivity contribution in [3.63, 3.8) is 0 Å². The van der Waals surface area contributed by atoms with Crippen LogP contribution in [0.1, 0.15) is 41.2 Å². The van der Waals surface area contributed by atoms with E-state index in [0.717, 1.165) is 51.5 Å². The van der Waals surface area contributed by atoms with Crippen LogP contribution in [0.25, 0.3) is 11.1 Å². The predicted molar refractivity (Wildman–Crippen MR) is 115 cm³/mol. The first-order valence-electron chi connectivity index (χ1n) is 9.30. The number of imidazole rings is 1. The maximum Gasteiger partial charge on any atom is 0.248 e. The molecule has 0 saturated heterocycles. The predicted octanol–water partition coefficient (Wildman–Crippen LogP) is 4.43. The summed E-state index contributed by atoms with van der Waals surface area (Å²) in [6.07, 6.45) is 4.59. The number of benzene rings is 1. The first-order valence-corrected chi connectivity index (χ1v) is 11.7. The lowest BCUT2D eigenvalue weighted by Crippen LogP contribution is -2.11. The molecule has 0 unspecified atom stereocenters. The zero-order chi connectivity index (χ0) is 20.6. The van der Waals surface area contributed by atoms with Gasteiger partial charge >= 0.3 is 0 Å². The van der Waals surface area contributed by atoms with Gasteiger partial charge in [-0.05, 0) is 55.4 Å². The number of nitrogens with two attached hydrogens (primary N) is 1. The summed E-state index contributed by atoms with van der Waals surface area (Å²) in [6.45, 7) is 11.0. The molecule has 28 heavy (non-hydrogen) atoms. The van der Waals surface area contributed by atoms with Gasteiger partial charge < -0.3 is 4.57 Å². The highest BCUT2D eigenvalue weighted by Gasteiger charge is 2.25. The molecule has 5 nitrogen and oxygen atoms in total. The third-order valence-corrected chi connectivity index (χ3v) is 7.68. The summed E-state index contributed by atoms with van der Waals surface area (Å²) >= 11 is 1.31. The molecule has 0 spiro atoms. The van der Waals surface area contributed by atoms with E-state index in [4.69, 9.17) is 5.14 Å².